The van der Waals surface area contributed by atoms with Crippen LogP contribution in [0.15, 0.2) is 79.0 Å². The van der Waals surface area contributed by atoms with E-state index in [0.29, 0.717) is 17.5 Å². The molecule has 0 bridgehead atoms. The number of carbonyl (C=O) groups is 4. The van der Waals surface area contributed by atoms with Crippen molar-refractivity contribution in [2.75, 3.05) is 5.32 Å². The molecule has 1 saturated heterocycles. The average molecular weight is 646 g/mol. The molecule has 3 aromatic carbocycles. The molecule has 1 unspecified atom stereocenters. The van der Waals surface area contributed by atoms with Gasteiger partial charge in [-0.2, -0.15) is 4.98 Å². The van der Waals surface area contributed by atoms with E-state index in [1.165, 1.54) is 0 Å². The van der Waals surface area contributed by atoms with Gasteiger partial charge in [0.25, 0.3) is 11.8 Å². The second-order valence-electron chi connectivity index (χ2n) is 13.0. The van der Waals surface area contributed by atoms with Crippen LogP contribution in [0.1, 0.15) is 77.2 Å². The van der Waals surface area contributed by atoms with Crippen molar-refractivity contribution >= 4 is 29.3 Å². The van der Waals surface area contributed by atoms with Gasteiger partial charge in [-0.15, -0.1) is 0 Å². The molecule has 2 aliphatic heterocycles. The highest BCUT2D eigenvalue weighted by molar-refractivity contribution is 6.23. The number of fused-ring (bicyclic) bond motifs is 1. The van der Waals surface area contributed by atoms with Crippen molar-refractivity contribution in [2.24, 2.45) is 0 Å². The largest absolute Gasteiger partial charge is 0.490 e. The predicted molar refractivity (Wildman–Crippen MR) is 176 cm³/mol. The van der Waals surface area contributed by atoms with E-state index >= 15 is 0 Å². The highest BCUT2D eigenvalue weighted by atomic mass is 16.5. The van der Waals surface area contributed by atoms with Gasteiger partial charge < -0.3 is 14.8 Å². The van der Waals surface area contributed by atoms with E-state index < -0.39 is 29.7 Å². The molecule has 244 valence electrons. The minimum atomic E-state index is -0.983. The van der Waals surface area contributed by atoms with E-state index in [1.807, 2.05) is 31.2 Å². The molecule has 11 nitrogen and oxygen atoms in total. The van der Waals surface area contributed by atoms with Crippen LogP contribution < -0.4 is 20.1 Å². The molecule has 7 rings (SSSR count). The first kappa shape index (κ1) is 31.0. The fourth-order valence-corrected chi connectivity index (χ4v) is 6.44. The van der Waals surface area contributed by atoms with Crippen LogP contribution in [0.25, 0.3) is 0 Å². The smallest absolute Gasteiger partial charge is 0.262 e. The molecule has 1 saturated carbocycles. The Morgan fingerprint density at radius 2 is 1.52 bits per heavy atom. The van der Waals surface area contributed by atoms with Crippen molar-refractivity contribution in [2.45, 2.75) is 70.1 Å². The van der Waals surface area contributed by atoms with Crippen molar-refractivity contribution < 1.29 is 28.7 Å². The Labute approximate surface area is 277 Å². The fraction of sp³-hybridized carbons (Fsp3) is 0.297. The van der Waals surface area contributed by atoms with Crippen molar-refractivity contribution in [1.82, 2.24) is 20.2 Å². The Balaban J connectivity index is 0.920. The van der Waals surface area contributed by atoms with Crippen LogP contribution in [-0.4, -0.2) is 56.7 Å². The molecule has 4 aromatic rings. The summed E-state index contributed by atoms with van der Waals surface area (Å²) in [6.45, 7) is 6.19. The number of aromatic nitrogens is 2. The highest BCUT2D eigenvalue weighted by Gasteiger charge is 2.44. The van der Waals surface area contributed by atoms with Crippen LogP contribution >= 0.6 is 0 Å². The lowest BCUT2D eigenvalue weighted by Crippen LogP contribution is -2.54. The third-order valence-electron chi connectivity index (χ3n) is 9.33. The maximum absolute atomic E-state index is 13.1. The van der Waals surface area contributed by atoms with E-state index in [0.717, 1.165) is 40.3 Å². The van der Waals surface area contributed by atoms with Gasteiger partial charge >= 0.3 is 0 Å². The maximum Gasteiger partial charge on any atom is 0.262 e. The first-order valence-corrected chi connectivity index (χ1v) is 16.0. The third-order valence-corrected chi connectivity index (χ3v) is 9.33. The molecular formula is C37H35N5O6. The summed E-state index contributed by atoms with van der Waals surface area (Å²) in [5.41, 5.74) is 3.30. The summed E-state index contributed by atoms with van der Waals surface area (Å²) >= 11 is 0. The number of benzene rings is 3. The number of hydrogen-bond donors (Lipinski definition) is 2. The molecule has 1 aliphatic carbocycles. The molecule has 1 atom stereocenters. The molecule has 3 aliphatic rings. The summed E-state index contributed by atoms with van der Waals surface area (Å²) in [6.07, 6.45) is 3.50. The topological polar surface area (TPSA) is 140 Å². The molecule has 4 amide bonds. The number of ether oxygens (including phenoxy) is 2. The van der Waals surface area contributed by atoms with E-state index in [4.69, 9.17) is 9.47 Å². The first-order valence-electron chi connectivity index (χ1n) is 16.0. The zero-order valence-electron chi connectivity index (χ0n) is 26.9. The minimum Gasteiger partial charge on any atom is -0.490 e. The molecule has 48 heavy (non-hydrogen) atoms. The van der Waals surface area contributed by atoms with Gasteiger partial charge in [-0.05, 0) is 66.9 Å². The Bertz CT molecular complexity index is 1920. The number of carbonyl (C=O) groups excluding carboxylic acids is 4. The summed E-state index contributed by atoms with van der Waals surface area (Å²) in [6, 6.07) is 22.2. The summed E-state index contributed by atoms with van der Waals surface area (Å²) in [7, 11) is 0. The SMILES string of the molecule is Cc1nccc(Oc2ccc(C(C)(C)c3ccc(OC4CC(Nc5ccc6c(c5)C(=O)N(C5CCC(=O)NC5=O)C6=O)C4)cc3)cc2)n1. The van der Waals surface area contributed by atoms with Crippen LogP contribution in [0.2, 0.25) is 0 Å². The zero-order valence-corrected chi connectivity index (χ0v) is 26.9. The Kier molecular flexibility index (Phi) is 7.90. The number of nitrogens with one attached hydrogen (secondary N) is 2. The first-order chi connectivity index (χ1) is 23.0. The summed E-state index contributed by atoms with van der Waals surface area (Å²) in [5.74, 6) is 0.623. The van der Waals surface area contributed by atoms with E-state index in [1.54, 1.807) is 30.5 Å². The summed E-state index contributed by atoms with van der Waals surface area (Å²) in [4.78, 5) is 59.4. The lowest BCUT2D eigenvalue weighted by atomic mass is 9.78. The molecule has 0 radical (unpaired) electrons. The second kappa shape index (κ2) is 12.2. The highest BCUT2D eigenvalue weighted by Crippen LogP contribution is 2.36. The third kappa shape index (κ3) is 5.99. The number of rotatable bonds is 9. The quantitative estimate of drug-likeness (QED) is 0.231. The lowest BCUT2D eigenvalue weighted by molar-refractivity contribution is -0.136. The van der Waals surface area contributed by atoms with Crippen molar-refractivity contribution in [3.05, 3.63) is 107 Å². The fourth-order valence-electron chi connectivity index (χ4n) is 6.44. The Morgan fingerprint density at radius 1 is 0.854 bits per heavy atom. The molecule has 0 spiro atoms. The normalized spacial score (nSPS) is 20.6. The number of imide groups is 2. The number of nitrogens with zero attached hydrogens (tertiary/aromatic N) is 3. The van der Waals surface area contributed by atoms with Gasteiger partial charge in [0, 0.05) is 48.7 Å². The lowest BCUT2D eigenvalue weighted by Gasteiger charge is -2.36. The number of anilines is 1. The molecule has 11 heteroatoms. The standard InChI is InChI=1S/C37H35N5O6/c1-21-38-17-16-33(39-21)48-27-11-6-23(7-12-27)37(2,3)22-4-9-26(10-5-22)47-28-18-25(19-28)40-24-8-13-29-30(20-24)36(46)42(35(29)45)31-14-15-32(43)41-34(31)44/h4-13,16-17,20,25,28,31,40H,14-15,18-19H2,1-3H3,(H,41,43,44). The maximum atomic E-state index is 13.1. The number of aryl methyl sites for hydroxylation is 1. The van der Waals surface area contributed by atoms with Crippen molar-refractivity contribution in [3.8, 4) is 17.4 Å². The van der Waals surface area contributed by atoms with E-state index in [2.05, 4.69) is 58.7 Å². The number of hydrogen-bond acceptors (Lipinski definition) is 9. The average Bonchev–Trinajstić information content (AvgIpc) is 3.29. The molecule has 1 aromatic heterocycles. The number of piperidine rings is 1. The summed E-state index contributed by atoms with van der Waals surface area (Å²) < 4.78 is 12.1. The Hall–Kier alpha value is -5.58. The van der Waals surface area contributed by atoms with Crippen molar-refractivity contribution in [1.29, 1.82) is 0 Å². The van der Waals surface area contributed by atoms with Gasteiger partial charge in [0.1, 0.15) is 29.5 Å². The van der Waals surface area contributed by atoms with Crippen molar-refractivity contribution in [3.63, 3.8) is 0 Å². The Morgan fingerprint density at radius 3 is 2.19 bits per heavy atom. The van der Waals surface area contributed by atoms with E-state index in [9.17, 15) is 19.2 Å². The molecule has 3 heterocycles. The van der Waals surface area contributed by atoms with Gasteiger partial charge in [0.15, 0.2) is 0 Å². The van der Waals surface area contributed by atoms with Gasteiger partial charge in [0.2, 0.25) is 17.7 Å². The van der Waals surface area contributed by atoms with Gasteiger partial charge in [-0.25, -0.2) is 4.98 Å². The number of amides is 4. The zero-order chi connectivity index (χ0) is 33.6. The molecule has 2 fully saturated rings. The summed E-state index contributed by atoms with van der Waals surface area (Å²) in [5, 5.41) is 5.65. The molecular weight excluding hydrogens is 610 g/mol. The van der Waals surface area contributed by atoms with E-state index in [-0.39, 0.29) is 41.5 Å². The van der Waals surface area contributed by atoms with Gasteiger partial charge in [-0.3, -0.25) is 29.4 Å². The van der Waals surface area contributed by atoms with Gasteiger partial charge in [-0.1, -0.05) is 38.1 Å². The van der Waals surface area contributed by atoms with Crippen LogP contribution in [0.3, 0.4) is 0 Å². The van der Waals surface area contributed by atoms with Crippen LogP contribution in [-0.2, 0) is 15.0 Å². The predicted octanol–water partition coefficient (Wildman–Crippen LogP) is 5.33. The minimum absolute atomic E-state index is 0.0493. The second-order valence-corrected chi connectivity index (χ2v) is 13.0. The monoisotopic (exact) mass is 645 g/mol. The van der Waals surface area contributed by atoms with Crippen LogP contribution in [0, 0.1) is 6.92 Å². The van der Waals surface area contributed by atoms with Crippen LogP contribution in [0.4, 0.5) is 5.69 Å². The van der Waals surface area contributed by atoms with Crippen LogP contribution in [0.5, 0.6) is 17.4 Å². The van der Waals surface area contributed by atoms with Gasteiger partial charge in [0.05, 0.1) is 11.1 Å². The molecule has 2 N–H and O–H groups in total.